The van der Waals surface area contributed by atoms with E-state index in [1.807, 2.05) is 38.2 Å². The number of likely N-dealkylation sites (N-methyl/N-ethyl adjacent to an activating group) is 2. The molecule has 4 nitrogen and oxygen atoms in total. The molecular formula is C13H20BrN2O2+. The number of halogens is 1. The third-order valence-electron chi connectivity index (χ3n) is 2.96. The van der Waals surface area contributed by atoms with Crippen molar-refractivity contribution in [3.8, 4) is 5.75 Å². The molecule has 0 heterocycles. The Morgan fingerprint density at radius 3 is 2.61 bits per heavy atom. The monoisotopic (exact) mass is 315 g/mol. The van der Waals surface area contributed by atoms with Crippen LogP contribution in [0, 0.1) is 0 Å². The fourth-order valence-electron chi connectivity index (χ4n) is 1.52. The molecular weight excluding hydrogens is 296 g/mol. The molecule has 1 aromatic rings. The first kappa shape index (κ1) is 15.0. The highest BCUT2D eigenvalue weighted by Crippen LogP contribution is 2.15. The van der Waals surface area contributed by atoms with Crippen LogP contribution in [0.5, 0.6) is 5.75 Å². The lowest BCUT2D eigenvalue weighted by Gasteiger charge is -2.20. The van der Waals surface area contributed by atoms with Gasteiger partial charge >= 0.3 is 0 Å². The molecule has 2 N–H and O–H groups in total. The van der Waals surface area contributed by atoms with E-state index in [0.29, 0.717) is 6.61 Å². The molecule has 0 aliphatic rings. The second-order valence-corrected chi connectivity index (χ2v) is 5.15. The normalized spacial score (nSPS) is 13.8. The first-order chi connectivity index (χ1) is 8.54. The van der Waals surface area contributed by atoms with Gasteiger partial charge in [0.1, 0.15) is 18.9 Å². The van der Waals surface area contributed by atoms with E-state index in [-0.39, 0.29) is 11.9 Å². The molecule has 1 rings (SSSR count). The molecule has 0 bridgehead atoms. The number of hydrogen-bond acceptors (Lipinski definition) is 2. The highest BCUT2D eigenvalue weighted by Gasteiger charge is 2.19. The smallest absolute Gasteiger partial charge is 0.277 e. The molecule has 0 fully saturated rings. The molecule has 1 unspecified atom stereocenters. The Kier molecular flexibility index (Phi) is 6.15. The summed E-state index contributed by atoms with van der Waals surface area (Å²) in [6.07, 6.45) is 0. The minimum atomic E-state index is -0.0662. The first-order valence-electron chi connectivity index (χ1n) is 5.97. The van der Waals surface area contributed by atoms with Crippen molar-refractivity contribution in [1.82, 2.24) is 5.32 Å². The quantitative estimate of drug-likeness (QED) is 0.802. The molecule has 1 aromatic carbocycles. The minimum Gasteiger partial charge on any atom is -0.488 e. The van der Waals surface area contributed by atoms with Gasteiger partial charge in [-0.25, -0.2) is 0 Å². The van der Waals surface area contributed by atoms with Crippen molar-refractivity contribution in [2.24, 2.45) is 0 Å². The van der Waals surface area contributed by atoms with E-state index in [1.54, 1.807) is 7.05 Å². The van der Waals surface area contributed by atoms with Gasteiger partial charge in [0.05, 0.1) is 7.05 Å². The predicted molar refractivity (Wildman–Crippen MR) is 74.9 cm³/mol. The number of carbonyl (C=O) groups excluding carboxylic acids is 1. The Morgan fingerprint density at radius 2 is 2.06 bits per heavy atom. The molecule has 0 saturated carbocycles. The summed E-state index contributed by atoms with van der Waals surface area (Å²) >= 11 is 3.38. The number of amides is 1. The number of hydrogen-bond donors (Lipinski definition) is 2. The molecule has 100 valence electrons. The third-order valence-corrected chi connectivity index (χ3v) is 3.49. The SMILES string of the molecule is CNC(=O)[C@@H](C)[NH+](C)CCOc1ccc(Br)cc1. The Hall–Kier alpha value is -1.07. The summed E-state index contributed by atoms with van der Waals surface area (Å²) in [4.78, 5) is 12.6. The lowest BCUT2D eigenvalue weighted by atomic mass is 10.3. The highest BCUT2D eigenvalue weighted by molar-refractivity contribution is 9.10. The van der Waals surface area contributed by atoms with Crippen LogP contribution in [0.25, 0.3) is 0 Å². The average molecular weight is 316 g/mol. The minimum absolute atomic E-state index is 0.0520. The molecule has 0 radical (unpaired) electrons. The van der Waals surface area contributed by atoms with Gasteiger partial charge in [-0.1, -0.05) is 15.9 Å². The highest BCUT2D eigenvalue weighted by atomic mass is 79.9. The van der Waals surface area contributed by atoms with E-state index >= 15 is 0 Å². The van der Waals surface area contributed by atoms with Gasteiger partial charge in [-0.05, 0) is 31.2 Å². The maximum atomic E-state index is 11.4. The van der Waals surface area contributed by atoms with E-state index in [4.69, 9.17) is 4.74 Å². The predicted octanol–water partition coefficient (Wildman–Crippen LogP) is 0.477. The summed E-state index contributed by atoms with van der Waals surface area (Å²) in [5, 5.41) is 2.65. The van der Waals surface area contributed by atoms with Gasteiger partial charge in [0, 0.05) is 11.5 Å². The molecule has 0 saturated heterocycles. The Bertz CT molecular complexity index is 381. The van der Waals surface area contributed by atoms with Crippen molar-refractivity contribution in [1.29, 1.82) is 0 Å². The molecule has 0 aliphatic heterocycles. The standard InChI is InChI=1S/C13H19BrN2O2/c1-10(13(17)15-2)16(3)8-9-18-12-6-4-11(14)5-7-12/h4-7,10H,8-9H2,1-3H3,(H,15,17)/p+1/t10-/m1/s1. The number of carbonyl (C=O) groups is 1. The van der Waals surface area contributed by atoms with Crippen molar-refractivity contribution >= 4 is 21.8 Å². The number of benzene rings is 1. The number of quaternary nitrogens is 1. The molecule has 0 spiro atoms. The zero-order valence-corrected chi connectivity index (χ0v) is 12.6. The van der Waals surface area contributed by atoms with Gasteiger partial charge in [0.25, 0.3) is 5.91 Å². The fraction of sp³-hybridized carbons (Fsp3) is 0.462. The lowest BCUT2D eigenvalue weighted by Crippen LogP contribution is -3.14. The molecule has 18 heavy (non-hydrogen) atoms. The third kappa shape index (κ3) is 4.66. The van der Waals surface area contributed by atoms with Crippen LogP contribution >= 0.6 is 15.9 Å². The van der Waals surface area contributed by atoms with Crippen molar-refractivity contribution in [2.45, 2.75) is 13.0 Å². The molecule has 2 atom stereocenters. The largest absolute Gasteiger partial charge is 0.488 e. The summed E-state index contributed by atoms with van der Waals surface area (Å²) in [5.41, 5.74) is 0. The maximum absolute atomic E-state index is 11.4. The van der Waals surface area contributed by atoms with E-state index in [0.717, 1.165) is 21.7 Å². The summed E-state index contributed by atoms with van der Waals surface area (Å²) < 4.78 is 6.65. The van der Waals surface area contributed by atoms with Crippen LogP contribution in [-0.2, 0) is 4.79 Å². The zero-order valence-electron chi connectivity index (χ0n) is 11.0. The van der Waals surface area contributed by atoms with Crippen molar-refractivity contribution in [3.05, 3.63) is 28.7 Å². The topological polar surface area (TPSA) is 42.8 Å². The van der Waals surface area contributed by atoms with Gasteiger partial charge in [-0.15, -0.1) is 0 Å². The Labute approximate surface area is 116 Å². The van der Waals surface area contributed by atoms with E-state index in [9.17, 15) is 4.79 Å². The van der Waals surface area contributed by atoms with Gasteiger partial charge in [0.15, 0.2) is 6.04 Å². The van der Waals surface area contributed by atoms with Gasteiger partial charge in [-0.3, -0.25) is 4.79 Å². The molecule has 0 aromatic heterocycles. The van der Waals surface area contributed by atoms with Crippen molar-refractivity contribution in [3.63, 3.8) is 0 Å². The second-order valence-electron chi connectivity index (χ2n) is 4.23. The summed E-state index contributed by atoms with van der Waals surface area (Å²) in [6, 6.07) is 7.66. The number of rotatable bonds is 6. The summed E-state index contributed by atoms with van der Waals surface area (Å²) in [6.45, 7) is 3.28. The van der Waals surface area contributed by atoms with E-state index in [1.165, 1.54) is 0 Å². The summed E-state index contributed by atoms with van der Waals surface area (Å²) in [7, 11) is 3.65. The maximum Gasteiger partial charge on any atom is 0.277 e. The van der Waals surface area contributed by atoms with E-state index < -0.39 is 0 Å². The van der Waals surface area contributed by atoms with E-state index in [2.05, 4.69) is 21.2 Å². The number of ether oxygens (including phenoxy) is 1. The average Bonchev–Trinajstić information content (AvgIpc) is 2.39. The van der Waals surface area contributed by atoms with Crippen LogP contribution in [0.3, 0.4) is 0 Å². The summed E-state index contributed by atoms with van der Waals surface area (Å²) in [5.74, 6) is 0.898. The van der Waals surface area contributed by atoms with Crippen LogP contribution < -0.4 is 15.0 Å². The second kappa shape index (κ2) is 7.38. The fourth-order valence-corrected chi connectivity index (χ4v) is 1.78. The van der Waals surface area contributed by atoms with Crippen LogP contribution in [0.15, 0.2) is 28.7 Å². The van der Waals surface area contributed by atoms with Crippen molar-refractivity contribution < 1.29 is 14.4 Å². The van der Waals surface area contributed by atoms with Gasteiger partial charge < -0.3 is 15.0 Å². The number of nitrogens with one attached hydrogen (secondary N) is 2. The van der Waals surface area contributed by atoms with Crippen molar-refractivity contribution in [2.75, 3.05) is 27.2 Å². The lowest BCUT2D eigenvalue weighted by molar-refractivity contribution is -0.894. The van der Waals surface area contributed by atoms with Crippen LogP contribution in [0.2, 0.25) is 0 Å². The molecule has 5 heteroatoms. The molecule has 1 amide bonds. The first-order valence-corrected chi connectivity index (χ1v) is 6.76. The van der Waals surface area contributed by atoms with Gasteiger partial charge in [0.2, 0.25) is 0 Å². The van der Waals surface area contributed by atoms with Crippen LogP contribution in [0.4, 0.5) is 0 Å². The Morgan fingerprint density at radius 1 is 1.44 bits per heavy atom. The zero-order chi connectivity index (χ0) is 13.5. The molecule has 0 aliphatic carbocycles. The Balaban J connectivity index is 2.33. The van der Waals surface area contributed by atoms with Gasteiger partial charge in [-0.2, -0.15) is 0 Å². The van der Waals surface area contributed by atoms with Crippen LogP contribution in [0.1, 0.15) is 6.92 Å². The van der Waals surface area contributed by atoms with Crippen LogP contribution in [-0.4, -0.2) is 39.2 Å².